The Morgan fingerprint density at radius 1 is 1.19 bits per heavy atom. The zero-order chi connectivity index (χ0) is 19.1. The summed E-state index contributed by atoms with van der Waals surface area (Å²) in [6.45, 7) is 0. The SMILES string of the molecule is Nn1c(N/N=C/c2ccccc2F)nnc1SCC(=O)Nc1ccccc1. The lowest BCUT2D eigenvalue weighted by molar-refractivity contribution is -0.113. The molecule has 0 bridgehead atoms. The summed E-state index contributed by atoms with van der Waals surface area (Å²) in [6, 6.07) is 15.3. The minimum absolute atomic E-state index is 0.114. The average Bonchev–Trinajstić information content (AvgIpc) is 3.02. The quantitative estimate of drug-likeness (QED) is 0.249. The van der Waals surface area contributed by atoms with E-state index in [2.05, 4.69) is 26.0 Å². The number of nitrogens with one attached hydrogen (secondary N) is 2. The smallest absolute Gasteiger partial charge is 0.264 e. The molecule has 3 aromatic rings. The van der Waals surface area contributed by atoms with Crippen LogP contribution in [-0.4, -0.2) is 32.7 Å². The van der Waals surface area contributed by atoms with Gasteiger partial charge in [0.15, 0.2) is 0 Å². The number of nitrogens with two attached hydrogens (primary N) is 1. The van der Waals surface area contributed by atoms with Crippen LogP contribution in [-0.2, 0) is 4.79 Å². The summed E-state index contributed by atoms with van der Waals surface area (Å²) in [5, 5.41) is 14.7. The molecule has 0 unspecified atom stereocenters. The molecule has 0 fully saturated rings. The summed E-state index contributed by atoms with van der Waals surface area (Å²) >= 11 is 1.13. The first kappa shape index (κ1) is 18.4. The largest absolute Gasteiger partial charge is 0.334 e. The number of rotatable bonds is 7. The Hall–Kier alpha value is -3.40. The summed E-state index contributed by atoms with van der Waals surface area (Å²) in [5.41, 5.74) is 3.62. The van der Waals surface area contributed by atoms with E-state index < -0.39 is 5.82 Å². The third-order valence-corrected chi connectivity index (χ3v) is 4.27. The van der Waals surface area contributed by atoms with E-state index in [9.17, 15) is 9.18 Å². The number of thioether (sulfide) groups is 1. The number of hydrogen-bond donors (Lipinski definition) is 3. The second-order valence-electron chi connectivity index (χ2n) is 5.27. The molecule has 27 heavy (non-hydrogen) atoms. The molecule has 10 heteroatoms. The lowest BCUT2D eigenvalue weighted by atomic mass is 10.2. The fraction of sp³-hybridized carbons (Fsp3) is 0.0588. The Kier molecular flexibility index (Phi) is 6.00. The summed E-state index contributed by atoms with van der Waals surface area (Å²) in [6.07, 6.45) is 1.31. The van der Waals surface area contributed by atoms with E-state index in [0.29, 0.717) is 16.4 Å². The van der Waals surface area contributed by atoms with Gasteiger partial charge in [0, 0.05) is 11.3 Å². The zero-order valence-electron chi connectivity index (χ0n) is 14.0. The van der Waals surface area contributed by atoms with Gasteiger partial charge in [0.1, 0.15) is 5.82 Å². The molecule has 0 aliphatic heterocycles. The third-order valence-electron chi connectivity index (χ3n) is 3.33. The van der Waals surface area contributed by atoms with E-state index in [1.54, 1.807) is 30.3 Å². The highest BCUT2D eigenvalue weighted by atomic mass is 32.2. The number of benzene rings is 2. The van der Waals surface area contributed by atoms with Gasteiger partial charge in [-0.05, 0) is 18.2 Å². The van der Waals surface area contributed by atoms with Crippen LogP contribution >= 0.6 is 11.8 Å². The van der Waals surface area contributed by atoms with Crippen molar-refractivity contribution in [3.05, 3.63) is 66.0 Å². The highest BCUT2D eigenvalue weighted by Crippen LogP contribution is 2.17. The van der Waals surface area contributed by atoms with Gasteiger partial charge in [0.25, 0.3) is 5.95 Å². The number of carbonyl (C=O) groups excluding carboxylic acids is 1. The summed E-state index contributed by atoms with van der Waals surface area (Å²) < 4.78 is 14.7. The number of carbonyl (C=O) groups is 1. The molecule has 138 valence electrons. The number of aromatic nitrogens is 3. The Bertz CT molecular complexity index is 945. The van der Waals surface area contributed by atoms with Crippen molar-refractivity contribution in [2.24, 2.45) is 5.10 Å². The van der Waals surface area contributed by atoms with E-state index in [1.807, 2.05) is 18.2 Å². The van der Waals surface area contributed by atoms with Gasteiger partial charge in [-0.25, -0.2) is 14.5 Å². The predicted molar refractivity (Wildman–Crippen MR) is 104 cm³/mol. The molecule has 8 nitrogen and oxygen atoms in total. The van der Waals surface area contributed by atoms with Crippen LogP contribution in [0.15, 0.2) is 64.9 Å². The number of amides is 1. The van der Waals surface area contributed by atoms with Crippen LogP contribution in [0.2, 0.25) is 0 Å². The normalized spacial score (nSPS) is 10.9. The van der Waals surface area contributed by atoms with Gasteiger partial charge in [-0.2, -0.15) is 5.10 Å². The topological polar surface area (TPSA) is 110 Å². The predicted octanol–water partition coefficient (Wildman–Crippen LogP) is 2.31. The van der Waals surface area contributed by atoms with Crippen LogP contribution in [0.4, 0.5) is 16.0 Å². The van der Waals surface area contributed by atoms with Gasteiger partial charge < -0.3 is 11.2 Å². The molecule has 0 spiro atoms. The van der Waals surface area contributed by atoms with Crippen molar-refractivity contribution in [3.63, 3.8) is 0 Å². The van der Waals surface area contributed by atoms with Gasteiger partial charge in [0.2, 0.25) is 11.1 Å². The molecule has 0 radical (unpaired) electrons. The number of nitrogen functional groups attached to an aromatic ring is 1. The standard InChI is InChI=1S/C17H16FN7OS/c18-14-9-5-4-6-12(14)10-20-22-16-23-24-17(25(16)19)27-11-15(26)21-13-7-2-1-3-8-13/h1-10H,11,19H2,(H,21,26)(H,22,23)/b20-10+. The van der Waals surface area contributed by atoms with E-state index in [0.717, 1.165) is 11.8 Å². The Labute approximate surface area is 158 Å². The number of anilines is 2. The molecule has 0 atom stereocenters. The van der Waals surface area contributed by atoms with Crippen molar-refractivity contribution in [1.82, 2.24) is 14.9 Å². The van der Waals surface area contributed by atoms with Crippen LogP contribution in [0.25, 0.3) is 0 Å². The van der Waals surface area contributed by atoms with Gasteiger partial charge >= 0.3 is 0 Å². The maximum Gasteiger partial charge on any atom is 0.264 e. The monoisotopic (exact) mass is 385 g/mol. The van der Waals surface area contributed by atoms with E-state index in [4.69, 9.17) is 5.84 Å². The third kappa shape index (κ3) is 5.05. The van der Waals surface area contributed by atoms with Crippen LogP contribution in [0.5, 0.6) is 0 Å². The maximum atomic E-state index is 13.5. The van der Waals surface area contributed by atoms with Crippen molar-refractivity contribution >= 4 is 35.5 Å². The van der Waals surface area contributed by atoms with Crippen molar-refractivity contribution in [2.45, 2.75) is 5.16 Å². The van der Waals surface area contributed by atoms with Crippen LogP contribution in [0.3, 0.4) is 0 Å². The van der Waals surface area contributed by atoms with Gasteiger partial charge in [-0.15, -0.1) is 10.2 Å². The number of para-hydroxylation sites is 1. The van der Waals surface area contributed by atoms with Gasteiger partial charge in [-0.3, -0.25) is 4.79 Å². The fourth-order valence-corrected chi connectivity index (χ4v) is 2.70. The number of hydrazone groups is 1. The van der Waals surface area contributed by atoms with Crippen LogP contribution in [0, 0.1) is 5.82 Å². The molecule has 0 aliphatic carbocycles. The van der Waals surface area contributed by atoms with Gasteiger partial charge in [-0.1, -0.05) is 48.2 Å². The lowest BCUT2D eigenvalue weighted by Crippen LogP contribution is -2.16. The Morgan fingerprint density at radius 3 is 2.70 bits per heavy atom. The van der Waals surface area contributed by atoms with Crippen LogP contribution in [0.1, 0.15) is 5.56 Å². The summed E-state index contributed by atoms with van der Waals surface area (Å²) in [5.74, 6) is 5.57. The molecule has 3 rings (SSSR count). The van der Waals surface area contributed by atoms with Gasteiger partial charge in [0.05, 0.1) is 12.0 Å². The summed E-state index contributed by atoms with van der Waals surface area (Å²) in [4.78, 5) is 12.0. The second kappa shape index (κ2) is 8.81. The first-order valence-corrected chi connectivity index (χ1v) is 8.84. The van der Waals surface area contributed by atoms with Crippen molar-refractivity contribution in [3.8, 4) is 0 Å². The van der Waals surface area contributed by atoms with E-state index in [-0.39, 0.29) is 17.6 Å². The highest BCUT2D eigenvalue weighted by molar-refractivity contribution is 7.99. The summed E-state index contributed by atoms with van der Waals surface area (Å²) in [7, 11) is 0. The van der Waals surface area contributed by atoms with Crippen molar-refractivity contribution in [1.29, 1.82) is 0 Å². The molecule has 0 saturated carbocycles. The number of nitrogens with zero attached hydrogens (tertiary/aromatic N) is 4. The molecule has 1 amide bonds. The molecule has 1 heterocycles. The first-order valence-electron chi connectivity index (χ1n) is 7.85. The van der Waals surface area contributed by atoms with Crippen molar-refractivity contribution < 1.29 is 9.18 Å². The van der Waals surface area contributed by atoms with Crippen molar-refractivity contribution in [2.75, 3.05) is 22.3 Å². The molecule has 4 N–H and O–H groups in total. The second-order valence-corrected chi connectivity index (χ2v) is 6.21. The number of hydrogen-bond acceptors (Lipinski definition) is 7. The minimum Gasteiger partial charge on any atom is -0.334 e. The molecule has 1 aromatic heterocycles. The molecular weight excluding hydrogens is 369 g/mol. The molecule has 0 aliphatic rings. The first-order chi connectivity index (χ1) is 13.1. The molecule has 0 saturated heterocycles. The number of halogens is 1. The lowest BCUT2D eigenvalue weighted by Gasteiger charge is -2.05. The molecule has 2 aromatic carbocycles. The Morgan fingerprint density at radius 2 is 1.93 bits per heavy atom. The average molecular weight is 385 g/mol. The minimum atomic E-state index is -0.391. The van der Waals surface area contributed by atoms with E-state index in [1.165, 1.54) is 17.0 Å². The zero-order valence-corrected chi connectivity index (χ0v) is 14.9. The highest BCUT2D eigenvalue weighted by Gasteiger charge is 2.12. The van der Waals surface area contributed by atoms with E-state index >= 15 is 0 Å². The van der Waals surface area contributed by atoms with Crippen LogP contribution < -0.4 is 16.6 Å². The maximum absolute atomic E-state index is 13.5. The molecular formula is C17H16FN7OS. The fourth-order valence-electron chi connectivity index (χ4n) is 2.04. The Balaban J connectivity index is 1.54.